The number of carbonyl (C=O) groups excluding carboxylic acids is 1. The number of ether oxygens (including phenoxy) is 1. The first-order valence-electron chi connectivity index (χ1n) is 5.85. The Kier molecular flexibility index (Phi) is 6.10. The van der Waals surface area contributed by atoms with E-state index in [0.29, 0.717) is 0 Å². The van der Waals surface area contributed by atoms with Crippen molar-refractivity contribution in [2.75, 3.05) is 13.7 Å². The van der Waals surface area contributed by atoms with Gasteiger partial charge in [-0.15, -0.1) is 0 Å². The number of amides is 1. The third kappa shape index (κ3) is 5.36. The van der Waals surface area contributed by atoms with Crippen molar-refractivity contribution in [3.05, 3.63) is 35.9 Å². The maximum Gasteiger partial charge on any atom is 0.407 e. The molecule has 0 aromatic heterocycles. The van der Waals surface area contributed by atoms with Gasteiger partial charge in [-0.2, -0.15) is 0 Å². The zero-order chi connectivity index (χ0) is 12.5. The summed E-state index contributed by atoms with van der Waals surface area (Å²) in [6.45, 7) is 3.57. The van der Waals surface area contributed by atoms with E-state index in [4.69, 9.17) is 0 Å². The highest BCUT2D eigenvalue weighted by Gasteiger charge is 2.09. The molecule has 1 rings (SSSR count). The average molecular weight is 236 g/mol. The Morgan fingerprint density at radius 2 is 2.06 bits per heavy atom. The van der Waals surface area contributed by atoms with Gasteiger partial charge in [0.2, 0.25) is 0 Å². The van der Waals surface area contributed by atoms with Gasteiger partial charge >= 0.3 is 6.09 Å². The summed E-state index contributed by atoms with van der Waals surface area (Å²) in [7, 11) is 1.37. The molecule has 4 heteroatoms. The van der Waals surface area contributed by atoms with Crippen molar-refractivity contribution >= 4 is 6.09 Å². The minimum absolute atomic E-state index is 0.103. The molecule has 1 atom stereocenters. The molecule has 0 aliphatic carbocycles. The lowest BCUT2D eigenvalue weighted by atomic mass is 10.2. The Bertz CT molecular complexity index is 327. The van der Waals surface area contributed by atoms with Crippen LogP contribution in [0.2, 0.25) is 0 Å². The molecule has 1 aromatic rings. The van der Waals surface area contributed by atoms with Crippen molar-refractivity contribution < 1.29 is 9.53 Å². The van der Waals surface area contributed by atoms with Crippen molar-refractivity contribution in [2.24, 2.45) is 0 Å². The second-order valence-corrected chi connectivity index (χ2v) is 3.86. The summed E-state index contributed by atoms with van der Waals surface area (Å²) in [5, 5.41) is 6.09. The third-order valence-electron chi connectivity index (χ3n) is 2.56. The highest BCUT2D eigenvalue weighted by atomic mass is 16.5. The predicted octanol–water partition coefficient (Wildman–Crippen LogP) is 1.91. The van der Waals surface area contributed by atoms with E-state index in [1.165, 1.54) is 12.7 Å². The molecule has 0 radical (unpaired) electrons. The van der Waals surface area contributed by atoms with Crippen LogP contribution in [0.25, 0.3) is 0 Å². The van der Waals surface area contributed by atoms with Crippen LogP contribution in [0.4, 0.5) is 4.79 Å². The van der Waals surface area contributed by atoms with Crippen molar-refractivity contribution in [2.45, 2.75) is 25.9 Å². The highest BCUT2D eigenvalue weighted by Crippen LogP contribution is 1.98. The van der Waals surface area contributed by atoms with Crippen LogP contribution in [0.15, 0.2) is 30.3 Å². The first kappa shape index (κ1) is 13.5. The van der Waals surface area contributed by atoms with Gasteiger partial charge in [-0.25, -0.2) is 4.79 Å². The van der Waals surface area contributed by atoms with Crippen LogP contribution in [0.3, 0.4) is 0 Å². The van der Waals surface area contributed by atoms with E-state index in [9.17, 15) is 4.79 Å². The molecule has 0 saturated heterocycles. The molecular formula is C13H20N2O2. The molecule has 94 valence electrons. The van der Waals surface area contributed by atoms with E-state index in [0.717, 1.165) is 19.5 Å². The van der Waals surface area contributed by atoms with Crippen LogP contribution >= 0.6 is 0 Å². The van der Waals surface area contributed by atoms with Crippen molar-refractivity contribution in [1.82, 2.24) is 10.6 Å². The van der Waals surface area contributed by atoms with Crippen LogP contribution in [0, 0.1) is 0 Å². The van der Waals surface area contributed by atoms with Crippen molar-refractivity contribution in [3.8, 4) is 0 Å². The van der Waals surface area contributed by atoms with Gasteiger partial charge in [0.15, 0.2) is 0 Å². The summed E-state index contributed by atoms with van der Waals surface area (Å²) in [4.78, 5) is 11.1. The Morgan fingerprint density at radius 3 is 2.65 bits per heavy atom. The molecule has 0 aliphatic rings. The first-order chi connectivity index (χ1) is 8.26. The largest absolute Gasteiger partial charge is 0.453 e. The number of carbonyl (C=O) groups is 1. The van der Waals surface area contributed by atoms with Crippen molar-refractivity contribution in [3.63, 3.8) is 0 Å². The molecule has 4 nitrogen and oxygen atoms in total. The Labute approximate surface area is 102 Å². The Balaban J connectivity index is 2.26. The summed E-state index contributed by atoms with van der Waals surface area (Å²) in [5.74, 6) is 0. The van der Waals surface area contributed by atoms with Crippen LogP contribution in [-0.2, 0) is 11.3 Å². The van der Waals surface area contributed by atoms with Gasteiger partial charge in [0.05, 0.1) is 7.11 Å². The fourth-order valence-corrected chi connectivity index (χ4v) is 1.51. The molecule has 0 aliphatic heterocycles. The maximum atomic E-state index is 11.1. The molecule has 0 heterocycles. The minimum atomic E-state index is -0.377. The van der Waals surface area contributed by atoms with E-state index in [1.54, 1.807) is 0 Å². The van der Waals surface area contributed by atoms with Gasteiger partial charge in [0.1, 0.15) is 0 Å². The zero-order valence-corrected chi connectivity index (χ0v) is 10.4. The predicted molar refractivity (Wildman–Crippen MR) is 67.8 cm³/mol. The molecule has 1 unspecified atom stereocenters. The van der Waals surface area contributed by atoms with E-state index >= 15 is 0 Å². The van der Waals surface area contributed by atoms with E-state index < -0.39 is 0 Å². The molecule has 2 N–H and O–H groups in total. The smallest absolute Gasteiger partial charge is 0.407 e. The molecule has 0 fully saturated rings. The lowest BCUT2D eigenvalue weighted by molar-refractivity contribution is 0.166. The average Bonchev–Trinajstić information content (AvgIpc) is 2.38. The zero-order valence-electron chi connectivity index (χ0n) is 10.4. The van der Waals surface area contributed by atoms with Gasteiger partial charge in [-0.3, -0.25) is 0 Å². The first-order valence-corrected chi connectivity index (χ1v) is 5.85. The Hall–Kier alpha value is -1.55. The second kappa shape index (κ2) is 7.68. The minimum Gasteiger partial charge on any atom is -0.453 e. The molecule has 0 saturated carbocycles. The van der Waals surface area contributed by atoms with Gasteiger partial charge in [-0.05, 0) is 12.0 Å². The summed E-state index contributed by atoms with van der Waals surface area (Å²) in [5.41, 5.74) is 1.24. The van der Waals surface area contributed by atoms with E-state index in [1.807, 2.05) is 25.1 Å². The molecular weight excluding hydrogens is 216 g/mol. The summed E-state index contributed by atoms with van der Waals surface area (Å²) >= 11 is 0. The number of benzene rings is 1. The molecule has 1 amide bonds. The van der Waals surface area contributed by atoms with Crippen LogP contribution in [0.5, 0.6) is 0 Å². The summed E-state index contributed by atoms with van der Waals surface area (Å²) in [6.07, 6.45) is 0.495. The Morgan fingerprint density at radius 1 is 1.35 bits per heavy atom. The fourth-order valence-electron chi connectivity index (χ4n) is 1.51. The van der Waals surface area contributed by atoms with Crippen LogP contribution in [-0.4, -0.2) is 25.8 Å². The standard InChI is InChI=1S/C13H20N2O2/c1-3-12(15-13(16)17-2)10-14-9-11-7-5-4-6-8-11/h4-8,12,14H,3,9-10H2,1-2H3,(H,15,16). The van der Waals surface area contributed by atoms with E-state index in [2.05, 4.69) is 27.5 Å². The summed E-state index contributed by atoms with van der Waals surface area (Å²) < 4.78 is 4.57. The fraction of sp³-hybridized carbons (Fsp3) is 0.462. The number of methoxy groups -OCH3 is 1. The monoisotopic (exact) mass is 236 g/mol. The topological polar surface area (TPSA) is 50.4 Å². The maximum absolute atomic E-state index is 11.1. The third-order valence-corrected chi connectivity index (χ3v) is 2.56. The van der Waals surface area contributed by atoms with Gasteiger partial charge in [-0.1, -0.05) is 37.3 Å². The molecule has 1 aromatic carbocycles. The van der Waals surface area contributed by atoms with Gasteiger partial charge < -0.3 is 15.4 Å². The number of hydrogen-bond donors (Lipinski definition) is 2. The van der Waals surface area contributed by atoms with Gasteiger partial charge in [0, 0.05) is 19.1 Å². The highest BCUT2D eigenvalue weighted by molar-refractivity contribution is 5.67. The van der Waals surface area contributed by atoms with Crippen LogP contribution < -0.4 is 10.6 Å². The number of rotatable bonds is 6. The van der Waals surface area contributed by atoms with Crippen molar-refractivity contribution in [1.29, 1.82) is 0 Å². The quantitative estimate of drug-likeness (QED) is 0.793. The number of hydrogen-bond acceptors (Lipinski definition) is 3. The van der Waals surface area contributed by atoms with Crippen LogP contribution in [0.1, 0.15) is 18.9 Å². The number of nitrogens with one attached hydrogen (secondary N) is 2. The molecule has 0 spiro atoms. The summed E-state index contributed by atoms with van der Waals surface area (Å²) in [6, 6.07) is 10.3. The lowest BCUT2D eigenvalue weighted by Gasteiger charge is -2.16. The van der Waals surface area contributed by atoms with Gasteiger partial charge in [0.25, 0.3) is 0 Å². The number of alkyl carbamates (subject to hydrolysis) is 1. The molecule has 0 bridgehead atoms. The van der Waals surface area contributed by atoms with E-state index in [-0.39, 0.29) is 12.1 Å². The normalized spacial score (nSPS) is 11.9. The molecule has 17 heavy (non-hydrogen) atoms. The second-order valence-electron chi connectivity index (χ2n) is 3.86. The lowest BCUT2D eigenvalue weighted by Crippen LogP contribution is -2.41. The SMILES string of the molecule is CCC(CNCc1ccccc1)NC(=O)OC.